The van der Waals surface area contributed by atoms with Crippen LogP contribution in [0.5, 0.6) is 0 Å². The summed E-state index contributed by atoms with van der Waals surface area (Å²) >= 11 is 1.75. The Morgan fingerprint density at radius 3 is 3.06 bits per heavy atom. The van der Waals surface area contributed by atoms with Gasteiger partial charge in [0.25, 0.3) is 0 Å². The summed E-state index contributed by atoms with van der Waals surface area (Å²) in [5, 5.41) is 15.5. The molecule has 2 nitrogen and oxygen atoms in total. The summed E-state index contributed by atoms with van der Waals surface area (Å²) in [5.41, 5.74) is 1.10. The van der Waals surface area contributed by atoms with Crippen LogP contribution in [-0.2, 0) is 0 Å². The van der Waals surface area contributed by atoms with Crippen molar-refractivity contribution >= 4 is 27.1 Å². The zero-order chi connectivity index (χ0) is 11.4. The molecule has 0 saturated carbocycles. The first-order valence-corrected chi connectivity index (χ1v) is 6.32. The average molecular weight is 230 g/mol. The molecule has 0 fully saturated rings. The molecule has 16 heavy (non-hydrogen) atoms. The first-order chi connectivity index (χ1) is 7.83. The van der Waals surface area contributed by atoms with E-state index in [0.29, 0.717) is 6.42 Å². The molecule has 1 aromatic heterocycles. The van der Waals surface area contributed by atoms with Crippen molar-refractivity contribution in [2.24, 2.45) is 0 Å². The molecule has 0 amide bonds. The van der Waals surface area contributed by atoms with Gasteiger partial charge in [0.05, 0.1) is 12.5 Å². The number of fused-ring (bicyclic) bond motifs is 1. The second-order valence-corrected chi connectivity index (χ2v) is 4.73. The largest absolute Gasteiger partial charge is 0.381 e. The van der Waals surface area contributed by atoms with Gasteiger partial charge in [-0.3, -0.25) is 0 Å². The molecule has 2 rings (SSSR count). The predicted octanol–water partition coefficient (Wildman–Crippen LogP) is 4.01. The lowest BCUT2D eigenvalue weighted by Gasteiger charge is -2.14. The van der Waals surface area contributed by atoms with Crippen LogP contribution in [0.4, 0.5) is 5.69 Å². The number of rotatable bonds is 4. The Labute approximate surface area is 99.5 Å². The molecule has 0 aliphatic rings. The minimum Gasteiger partial charge on any atom is -0.381 e. The molecular formula is C13H14N2S. The van der Waals surface area contributed by atoms with E-state index in [0.717, 1.165) is 12.1 Å². The van der Waals surface area contributed by atoms with Crippen LogP contribution in [0.3, 0.4) is 0 Å². The summed E-state index contributed by atoms with van der Waals surface area (Å²) in [4.78, 5) is 0. The van der Waals surface area contributed by atoms with Crippen molar-refractivity contribution in [2.75, 3.05) is 5.32 Å². The van der Waals surface area contributed by atoms with Crippen molar-refractivity contribution in [1.82, 2.24) is 0 Å². The molecule has 1 heterocycles. The lowest BCUT2D eigenvalue weighted by molar-refractivity contribution is 0.711. The summed E-state index contributed by atoms with van der Waals surface area (Å²) < 4.78 is 1.30. The number of hydrogen-bond acceptors (Lipinski definition) is 3. The van der Waals surface area contributed by atoms with E-state index in [1.807, 2.05) is 0 Å². The number of nitriles is 1. The van der Waals surface area contributed by atoms with Gasteiger partial charge in [0.15, 0.2) is 0 Å². The van der Waals surface area contributed by atoms with Crippen LogP contribution < -0.4 is 5.32 Å². The Bertz CT molecular complexity index is 510. The van der Waals surface area contributed by atoms with E-state index >= 15 is 0 Å². The fraction of sp³-hybridized carbons (Fsp3) is 0.308. The van der Waals surface area contributed by atoms with E-state index < -0.39 is 0 Å². The molecule has 0 spiro atoms. The summed E-state index contributed by atoms with van der Waals surface area (Å²) in [5.74, 6) is 0. The standard InChI is InChI=1S/C13H14N2S/c1-2-11(5-7-14)15-12-3-4-13-10(9-12)6-8-16-13/h3-4,6,8-9,11,15H,2,5H2,1H3. The van der Waals surface area contributed by atoms with Crippen LogP contribution in [0.1, 0.15) is 19.8 Å². The lowest BCUT2D eigenvalue weighted by Crippen LogP contribution is -2.17. The molecule has 0 radical (unpaired) electrons. The maximum atomic E-state index is 8.70. The van der Waals surface area contributed by atoms with E-state index in [9.17, 15) is 0 Å². The Morgan fingerprint density at radius 2 is 2.31 bits per heavy atom. The molecule has 0 aliphatic heterocycles. The van der Waals surface area contributed by atoms with Crippen molar-refractivity contribution in [1.29, 1.82) is 5.26 Å². The predicted molar refractivity (Wildman–Crippen MR) is 69.8 cm³/mol. The average Bonchev–Trinajstić information content (AvgIpc) is 2.75. The maximum absolute atomic E-state index is 8.70. The number of nitrogens with zero attached hydrogens (tertiary/aromatic N) is 1. The van der Waals surface area contributed by atoms with Gasteiger partial charge >= 0.3 is 0 Å². The van der Waals surface area contributed by atoms with Gasteiger partial charge in [-0.2, -0.15) is 5.26 Å². The van der Waals surface area contributed by atoms with Crippen molar-refractivity contribution < 1.29 is 0 Å². The first-order valence-electron chi connectivity index (χ1n) is 5.44. The minimum atomic E-state index is 0.251. The molecule has 82 valence electrons. The number of anilines is 1. The molecule has 1 aromatic carbocycles. The molecule has 1 N–H and O–H groups in total. The lowest BCUT2D eigenvalue weighted by atomic mass is 10.1. The Balaban J connectivity index is 2.17. The first kappa shape index (κ1) is 11.0. The fourth-order valence-corrected chi connectivity index (χ4v) is 2.47. The normalized spacial score (nSPS) is 12.2. The van der Waals surface area contributed by atoms with Gasteiger partial charge in [-0.1, -0.05) is 6.92 Å². The summed E-state index contributed by atoms with van der Waals surface area (Å²) in [6.07, 6.45) is 1.52. The Hall–Kier alpha value is -1.53. The van der Waals surface area contributed by atoms with Crippen molar-refractivity contribution in [3.8, 4) is 6.07 Å². The molecule has 1 unspecified atom stereocenters. The monoisotopic (exact) mass is 230 g/mol. The third-order valence-electron chi connectivity index (χ3n) is 2.65. The fourth-order valence-electron chi connectivity index (χ4n) is 1.70. The Morgan fingerprint density at radius 1 is 1.44 bits per heavy atom. The van der Waals surface area contributed by atoms with Crippen molar-refractivity contribution in [3.05, 3.63) is 29.6 Å². The molecule has 0 aliphatic carbocycles. The van der Waals surface area contributed by atoms with Crippen LogP contribution in [0, 0.1) is 11.3 Å². The SMILES string of the molecule is CCC(CC#N)Nc1ccc2sccc2c1. The highest BCUT2D eigenvalue weighted by Crippen LogP contribution is 2.24. The van der Waals surface area contributed by atoms with Crippen LogP contribution in [0.2, 0.25) is 0 Å². The van der Waals surface area contributed by atoms with Crippen molar-refractivity contribution in [3.63, 3.8) is 0 Å². The quantitative estimate of drug-likeness (QED) is 0.861. The highest BCUT2D eigenvalue weighted by atomic mass is 32.1. The molecule has 2 aromatic rings. The van der Waals surface area contributed by atoms with Crippen molar-refractivity contribution in [2.45, 2.75) is 25.8 Å². The van der Waals surface area contributed by atoms with Gasteiger partial charge in [-0.25, -0.2) is 0 Å². The second kappa shape index (κ2) is 5.00. The third kappa shape index (κ3) is 2.34. The summed E-state index contributed by atoms with van der Waals surface area (Å²) in [7, 11) is 0. The van der Waals surface area contributed by atoms with Gasteiger partial charge in [-0.05, 0) is 41.5 Å². The molecular weight excluding hydrogens is 216 g/mol. The number of benzene rings is 1. The molecule has 1 atom stereocenters. The summed E-state index contributed by atoms with van der Waals surface area (Å²) in [6, 6.07) is 10.9. The number of nitrogens with one attached hydrogen (secondary N) is 1. The van der Waals surface area contributed by atoms with Gasteiger partial charge in [0, 0.05) is 16.4 Å². The topological polar surface area (TPSA) is 35.8 Å². The van der Waals surface area contributed by atoms with E-state index in [-0.39, 0.29) is 6.04 Å². The molecule has 3 heteroatoms. The van der Waals surface area contributed by atoms with E-state index in [2.05, 4.69) is 48.0 Å². The smallest absolute Gasteiger partial charge is 0.0643 e. The second-order valence-electron chi connectivity index (χ2n) is 3.78. The number of thiophene rings is 1. The van der Waals surface area contributed by atoms with Crippen LogP contribution in [0.15, 0.2) is 29.6 Å². The summed E-state index contributed by atoms with van der Waals surface area (Å²) in [6.45, 7) is 2.10. The zero-order valence-electron chi connectivity index (χ0n) is 9.23. The third-order valence-corrected chi connectivity index (χ3v) is 3.55. The Kier molecular flexibility index (Phi) is 3.43. The van der Waals surface area contributed by atoms with Crippen LogP contribution in [0.25, 0.3) is 10.1 Å². The van der Waals surface area contributed by atoms with E-state index in [4.69, 9.17) is 5.26 Å². The number of hydrogen-bond donors (Lipinski definition) is 1. The zero-order valence-corrected chi connectivity index (χ0v) is 10.1. The molecule has 0 bridgehead atoms. The van der Waals surface area contributed by atoms with Crippen LogP contribution >= 0.6 is 11.3 Å². The van der Waals surface area contributed by atoms with E-state index in [1.54, 1.807) is 11.3 Å². The van der Waals surface area contributed by atoms with Crippen LogP contribution in [-0.4, -0.2) is 6.04 Å². The van der Waals surface area contributed by atoms with Gasteiger partial charge in [0.2, 0.25) is 0 Å². The highest BCUT2D eigenvalue weighted by Gasteiger charge is 2.05. The minimum absolute atomic E-state index is 0.251. The van der Waals surface area contributed by atoms with Gasteiger partial charge < -0.3 is 5.32 Å². The maximum Gasteiger partial charge on any atom is 0.0643 e. The van der Waals surface area contributed by atoms with E-state index in [1.165, 1.54) is 10.1 Å². The molecule has 0 saturated heterocycles. The van der Waals surface area contributed by atoms with Gasteiger partial charge in [-0.15, -0.1) is 11.3 Å². The highest BCUT2D eigenvalue weighted by molar-refractivity contribution is 7.17. The van der Waals surface area contributed by atoms with Gasteiger partial charge in [0.1, 0.15) is 0 Å².